The number of amides is 2. The molecule has 5 nitrogen and oxygen atoms in total. The van der Waals surface area contributed by atoms with Crippen LogP contribution in [-0.4, -0.2) is 18.0 Å². The highest BCUT2D eigenvalue weighted by molar-refractivity contribution is 7.11. The van der Waals surface area contributed by atoms with Gasteiger partial charge >= 0.3 is 0 Å². The largest absolute Gasteiger partial charge is 0.326 e. The first-order chi connectivity index (χ1) is 10.1. The molecular weight excluding hydrogens is 286 g/mol. The van der Waals surface area contributed by atoms with E-state index in [1.165, 1.54) is 6.92 Å². The molecule has 0 aliphatic carbocycles. The summed E-state index contributed by atoms with van der Waals surface area (Å²) in [7, 11) is 0. The van der Waals surface area contributed by atoms with E-state index in [-0.39, 0.29) is 11.8 Å². The SMILES string of the molecule is CC(=O)Nc1ccc(C(=O)N/N=C\c2sccc2C)cc1. The molecule has 0 bridgehead atoms. The minimum Gasteiger partial charge on any atom is -0.326 e. The van der Waals surface area contributed by atoms with Crippen LogP contribution in [-0.2, 0) is 4.79 Å². The van der Waals surface area contributed by atoms with E-state index in [0.717, 1.165) is 10.4 Å². The summed E-state index contributed by atoms with van der Waals surface area (Å²) in [6.07, 6.45) is 1.63. The second-order valence-corrected chi connectivity index (χ2v) is 5.37. The monoisotopic (exact) mass is 301 g/mol. The molecule has 0 atom stereocenters. The van der Waals surface area contributed by atoms with Crippen LogP contribution in [0.15, 0.2) is 40.8 Å². The number of nitrogens with zero attached hydrogens (tertiary/aromatic N) is 1. The molecule has 1 heterocycles. The molecule has 0 fully saturated rings. The lowest BCUT2D eigenvalue weighted by Crippen LogP contribution is -2.17. The maximum absolute atomic E-state index is 11.9. The second kappa shape index (κ2) is 6.81. The maximum Gasteiger partial charge on any atom is 0.271 e. The Balaban J connectivity index is 1.96. The van der Waals surface area contributed by atoms with Gasteiger partial charge in [0.25, 0.3) is 5.91 Å². The molecule has 2 amide bonds. The van der Waals surface area contributed by atoms with Gasteiger partial charge in [-0.1, -0.05) is 0 Å². The summed E-state index contributed by atoms with van der Waals surface area (Å²) in [6.45, 7) is 3.42. The third-order valence-electron chi connectivity index (χ3n) is 2.72. The molecule has 0 spiro atoms. The fraction of sp³-hybridized carbons (Fsp3) is 0.133. The van der Waals surface area contributed by atoms with Crippen molar-refractivity contribution in [2.45, 2.75) is 13.8 Å². The summed E-state index contributed by atoms with van der Waals surface area (Å²) in [6, 6.07) is 8.60. The van der Waals surface area contributed by atoms with Gasteiger partial charge in [0, 0.05) is 23.1 Å². The van der Waals surface area contributed by atoms with Gasteiger partial charge in [0.1, 0.15) is 0 Å². The van der Waals surface area contributed by atoms with Crippen molar-refractivity contribution in [3.05, 3.63) is 51.7 Å². The predicted molar refractivity (Wildman–Crippen MR) is 84.9 cm³/mol. The minimum absolute atomic E-state index is 0.150. The van der Waals surface area contributed by atoms with E-state index in [0.29, 0.717) is 11.3 Å². The Labute approximate surface area is 126 Å². The van der Waals surface area contributed by atoms with Crippen molar-refractivity contribution < 1.29 is 9.59 Å². The molecule has 2 aromatic rings. The van der Waals surface area contributed by atoms with E-state index in [1.807, 2.05) is 18.4 Å². The van der Waals surface area contributed by atoms with E-state index in [4.69, 9.17) is 0 Å². The predicted octanol–water partition coefficient (Wildman–Crippen LogP) is 2.78. The van der Waals surface area contributed by atoms with Gasteiger partial charge in [0.05, 0.1) is 6.21 Å². The summed E-state index contributed by atoms with van der Waals surface area (Å²) in [4.78, 5) is 23.8. The Hall–Kier alpha value is -2.47. The summed E-state index contributed by atoms with van der Waals surface area (Å²) in [5.41, 5.74) is 4.72. The van der Waals surface area contributed by atoms with Gasteiger partial charge in [0.2, 0.25) is 5.91 Å². The number of carbonyl (C=O) groups excluding carboxylic acids is 2. The van der Waals surface area contributed by atoms with E-state index in [1.54, 1.807) is 41.8 Å². The van der Waals surface area contributed by atoms with Gasteiger partial charge in [-0.3, -0.25) is 9.59 Å². The van der Waals surface area contributed by atoms with Crippen molar-refractivity contribution >= 4 is 35.1 Å². The van der Waals surface area contributed by atoms with Gasteiger partial charge < -0.3 is 5.32 Å². The lowest BCUT2D eigenvalue weighted by atomic mass is 10.2. The number of hydrazone groups is 1. The molecule has 0 radical (unpaired) electrons. The first-order valence-corrected chi connectivity index (χ1v) is 7.19. The van der Waals surface area contributed by atoms with Crippen LogP contribution in [0.4, 0.5) is 5.69 Å². The van der Waals surface area contributed by atoms with Crippen LogP contribution in [0.25, 0.3) is 0 Å². The van der Waals surface area contributed by atoms with Crippen LogP contribution in [0, 0.1) is 6.92 Å². The fourth-order valence-electron chi connectivity index (χ4n) is 1.64. The van der Waals surface area contributed by atoms with Gasteiger partial charge in [-0.15, -0.1) is 11.3 Å². The number of thiophene rings is 1. The lowest BCUT2D eigenvalue weighted by molar-refractivity contribution is -0.114. The van der Waals surface area contributed by atoms with E-state index in [2.05, 4.69) is 15.8 Å². The van der Waals surface area contributed by atoms with Crippen LogP contribution >= 0.6 is 11.3 Å². The van der Waals surface area contributed by atoms with Crippen molar-refractivity contribution in [1.82, 2.24) is 5.43 Å². The molecule has 2 N–H and O–H groups in total. The molecule has 0 unspecified atom stereocenters. The van der Waals surface area contributed by atoms with Gasteiger partial charge in [-0.2, -0.15) is 5.10 Å². The molecule has 2 rings (SSSR count). The van der Waals surface area contributed by atoms with Crippen molar-refractivity contribution in [1.29, 1.82) is 0 Å². The van der Waals surface area contributed by atoms with Gasteiger partial charge in [-0.25, -0.2) is 5.43 Å². The number of carbonyl (C=O) groups is 2. The quantitative estimate of drug-likeness (QED) is 0.673. The number of benzene rings is 1. The van der Waals surface area contributed by atoms with Crippen molar-refractivity contribution in [3.8, 4) is 0 Å². The van der Waals surface area contributed by atoms with E-state index < -0.39 is 0 Å². The second-order valence-electron chi connectivity index (χ2n) is 4.43. The smallest absolute Gasteiger partial charge is 0.271 e. The third kappa shape index (κ3) is 4.25. The Morgan fingerprint density at radius 1 is 1.19 bits per heavy atom. The zero-order valence-corrected chi connectivity index (χ0v) is 12.5. The van der Waals surface area contributed by atoms with Crippen LogP contribution in [0.2, 0.25) is 0 Å². The highest BCUT2D eigenvalue weighted by Gasteiger charge is 2.04. The Morgan fingerprint density at radius 3 is 2.48 bits per heavy atom. The summed E-state index contributed by atoms with van der Waals surface area (Å²) < 4.78 is 0. The minimum atomic E-state index is -0.296. The Morgan fingerprint density at radius 2 is 1.90 bits per heavy atom. The fourth-order valence-corrected chi connectivity index (χ4v) is 2.43. The molecule has 0 aliphatic heterocycles. The third-order valence-corrected chi connectivity index (χ3v) is 3.67. The van der Waals surface area contributed by atoms with Crippen molar-refractivity contribution in [2.75, 3.05) is 5.32 Å². The molecule has 6 heteroatoms. The molecule has 21 heavy (non-hydrogen) atoms. The number of nitrogens with one attached hydrogen (secondary N) is 2. The summed E-state index contributed by atoms with van der Waals surface area (Å²) in [5.74, 6) is -0.446. The molecule has 1 aromatic heterocycles. The van der Waals surface area contributed by atoms with E-state index in [9.17, 15) is 9.59 Å². The van der Waals surface area contributed by atoms with Gasteiger partial charge in [-0.05, 0) is 48.2 Å². The Kier molecular flexibility index (Phi) is 4.84. The zero-order chi connectivity index (χ0) is 15.2. The van der Waals surface area contributed by atoms with E-state index >= 15 is 0 Å². The topological polar surface area (TPSA) is 70.6 Å². The summed E-state index contributed by atoms with van der Waals surface area (Å²) >= 11 is 1.56. The van der Waals surface area contributed by atoms with Gasteiger partial charge in [0.15, 0.2) is 0 Å². The molecule has 0 saturated heterocycles. The molecule has 0 aliphatic rings. The highest BCUT2D eigenvalue weighted by Crippen LogP contribution is 2.12. The van der Waals surface area contributed by atoms with Crippen molar-refractivity contribution in [3.63, 3.8) is 0 Å². The standard InChI is InChI=1S/C15H15N3O2S/c1-10-7-8-21-14(10)9-16-18-15(20)12-3-5-13(6-4-12)17-11(2)19/h3-9H,1-2H3,(H,17,19)(H,18,20)/b16-9-. The number of anilines is 1. The average Bonchev–Trinajstić information content (AvgIpc) is 2.84. The highest BCUT2D eigenvalue weighted by atomic mass is 32.1. The number of aryl methyl sites for hydroxylation is 1. The van der Waals surface area contributed by atoms with Crippen LogP contribution in [0.5, 0.6) is 0 Å². The Bertz CT molecular complexity index is 674. The molecule has 1 aromatic carbocycles. The first kappa shape index (κ1) is 14.9. The van der Waals surface area contributed by atoms with Crippen LogP contribution < -0.4 is 10.7 Å². The average molecular weight is 301 g/mol. The first-order valence-electron chi connectivity index (χ1n) is 6.31. The maximum atomic E-state index is 11.9. The van der Waals surface area contributed by atoms with Crippen molar-refractivity contribution in [2.24, 2.45) is 5.10 Å². The number of hydrogen-bond donors (Lipinski definition) is 2. The normalized spacial score (nSPS) is 10.6. The molecule has 0 saturated carbocycles. The number of rotatable bonds is 4. The molecular formula is C15H15N3O2S. The molecule has 108 valence electrons. The number of hydrogen-bond acceptors (Lipinski definition) is 4. The van der Waals surface area contributed by atoms with Crippen LogP contribution in [0.3, 0.4) is 0 Å². The zero-order valence-electron chi connectivity index (χ0n) is 11.7. The summed E-state index contributed by atoms with van der Waals surface area (Å²) in [5, 5.41) is 8.55. The van der Waals surface area contributed by atoms with Crippen LogP contribution in [0.1, 0.15) is 27.7 Å². The lowest BCUT2D eigenvalue weighted by Gasteiger charge is -2.03.